The van der Waals surface area contributed by atoms with Crippen molar-refractivity contribution in [3.63, 3.8) is 0 Å². The molecule has 1 aliphatic heterocycles. The van der Waals surface area contributed by atoms with E-state index in [4.69, 9.17) is 14.6 Å². The normalized spacial score (nSPS) is 28.4. The number of aliphatic hydroxyl groups is 1. The van der Waals surface area contributed by atoms with E-state index in [0.29, 0.717) is 0 Å². The molecule has 0 bridgehead atoms. The maximum Gasteiger partial charge on any atom is 0.164 e. The Morgan fingerprint density at radius 3 is 2.38 bits per heavy atom. The van der Waals surface area contributed by atoms with Gasteiger partial charge in [0, 0.05) is 0 Å². The van der Waals surface area contributed by atoms with Gasteiger partial charge in [-0.2, -0.15) is 0 Å². The zero-order valence-corrected chi connectivity index (χ0v) is 11.0. The summed E-state index contributed by atoms with van der Waals surface area (Å²) < 4.78 is 11.7. The number of aliphatic hydroxyl groups excluding tert-OH is 1. The van der Waals surface area contributed by atoms with Gasteiger partial charge in [0.05, 0.1) is 18.3 Å². The van der Waals surface area contributed by atoms with Gasteiger partial charge in [-0.3, -0.25) is 0 Å². The van der Waals surface area contributed by atoms with Gasteiger partial charge in [0.15, 0.2) is 5.79 Å². The average Bonchev–Trinajstić information content (AvgIpc) is 2.31. The first-order valence-corrected chi connectivity index (χ1v) is 5.91. The lowest BCUT2D eigenvalue weighted by Gasteiger charge is -2.23. The van der Waals surface area contributed by atoms with Crippen LogP contribution in [0.2, 0.25) is 0 Å². The van der Waals surface area contributed by atoms with E-state index in [2.05, 4.69) is 13.8 Å². The number of hydrogen-bond acceptors (Lipinski definition) is 3. The predicted octanol–water partition coefficient (Wildman–Crippen LogP) is 2.64. The lowest BCUT2D eigenvalue weighted by Crippen LogP contribution is -2.33. The minimum atomic E-state index is -0.483. The first-order chi connectivity index (χ1) is 7.27. The fourth-order valence-electron chi connectivity index (χ4n) is 2.23. The van der Waals surface area contributed by atoms with Crippen LogP contribution in [-0.4, -0.2) is 29.2 Å². The van der Waals surface area contributed by atoms with Gasteiger partial charge in [-0.15, -0.1) is 0 Å². The average molecular weight is 228 g/mol. The summed E-state index contributed by atoms with van der Waals surface area (Å²) >= 11 is 0. The van der Waals surface area contributed by atoms with Crippen LogP contribution in [0.3, 0.4) is 0 Å². The van der Waals surface area contributed by atoms with Crippen molar-refractivity contribution in [3.05, 3.63) is 11.6 Å². The molecule has 0 aromatic rings. The van der Waals surface area contributed by atoms with E-state index in [-0.39, 0.29) is 18.3 Å². The molecule has 3 nitrogen and oxygen atoms in total. The molecule has 1 aliphatic rings. The highest BCUT2D eigenvalue weighted by Crippen LogP contribution is 2.38. The summed E-state index contributed by atoms with van der Waals surface area (Å²) in [6.45, 7) is 10.2. The molecule has 1 fully saturated rings. The van der Waals surface area contributed by atoms with E-state index in [1.807, 2.05) is 26.8 Å². The molecular weight excluding hydrogens is 204 g/mol. The molecule has 16 heavy (non-hydrogen) atoms. The van der Waals surface area contributed by atoms with Crippen molar-refractivity contribution < 1.29 is 14.6 Å². The second kappa shape index (κ2) is 4.86. The van der Waals surface area contributed by atoms with Gasteiger partial charge in [-0.25, -0.2) is 0 Å². The van der Waals surface area contributed by atoms with Crippen LogP contribution in [0.1, 0.15) is 47.5 Å². The van der Waals surface area contributed by atoms with Crippen molar-refractivity contribution in [2.45, 2.75) is 65.0 Å². The summed E-state index contributed by atoms with van der Waals surface area (Å²) in [5.41, 5.74) is 0.967. The van der Waals surface area contributed by atoms with E-state index in [1.165, 1.54) is 5.57 Å². The molecule has 0 saturated carbocycles. The highest BCUT2D eigenvalue weighted by Gasteiger charge is 2.46. The Morgan fingerprint density at radius 1 is 1.31 bits per heavy atom. The fraction of sp³-hybridized carbons (Fsp3) is 0.846. The molecule has 0 aliphatic carbocycles. The minimum Gasteiger partial charge on any atom is -0.392 e. The SMILES string of the molecule is CC(=CCO)CCC1OC(C)(C)OC1(C)C. The Morgan fingerprint density at radius 2 is 1.94 bits per heavy atom. The molecule has 94 valence electrons. The Labute approximate surface area is 98.4 Å². The Balaban J connectivity index is 2.52. The third kappa shape index (κ3) is 3.58. The van der Waals surface area contributed by atoms with E-state index < -0.39 is 5.79 Å². The molecular formula is C13H24O3. The Bertz CT molecular complexity index is 266. The quantitative estimate of drug-likeness (QED) is 0.752. The first-order valence-electron chi connectivity index (χ1n) is 5.91. The topological polar surface area (TPSA) is 38.7 Å². The number of rotatable bonds is 4. The smallest absolute Gasteiger partial charge is 0.164 e. The molecule has 1 atom stereocenters. The van der Waals surface area contributed by atoms with Crippen LogP contribution in [0.15, 0.2) is 11.6 Å². The summed E-state index contributed by atoms with van der Waals surface area (Å²) in [5, 5.41) is 8.78. The highest BCUT2D eigenvalue weighted by atomic mass is 16.8. The van der Waals surface area contributed by atoms with Crippen molar-refractivity contribution in [2.75, 3.05) is 6.61 Å². The monoisotopic (exact) mass is 228 g/mol. The van der Waals surface area contributed by atoms with Crippen LogP contribution < -0.4 is 0 Å². The maximum atomic E-state index is 8.78. The maximum absolute atomic E-state index is 8.78. The minimum absolute atomic E-state index is 0.114. The molecule has 1 N–H and O–H groups in total. The predicted molar refractivity (Wildman–Crippen MR) is 64.2 cm³/mol. The lowest BCUT2D eigenvalue weighted by molar-refractivity contribution is -0.157. The van der Waals surface area contributed by atoms with Crippen molar-refractivity contribution in [3.8, 4) is 0 Å². The van der Waals surface area contributed by atoms with Gasteiger partial charge in [0.1, 0.15) is 0 Å². The summed E-state index contributed by atoms with van der Waals surface area (Å²) in [7, 11) is 0. The molecule has 1 heterocycles. The van der Waals surface area contributed by atoms with Gasteiger partial charge in [0.2, 0.25) is 0 Å². The number of allylic oxidation sites excluding steroid dienone is 1. The Hall–Kier alpha value is -0.380. The summed E-state index contributed by atoms with van der Waals surface area (Å²) in [6, 6.07) is 0. The molecule has 0 amide bonds. The first kappa shape index (κ1) is 13.7. The van der Waals surface area contributed by atoms with E-state index in [9.17, 15) is 0 Å². The summed E-state index contributed by atoms with van der Waals surface area (Å²) in [4.78, 5) is 0. The van der Waals surface area contributed by atoms with Gasteiger partial charge in [0.25, 0.3) is 0 Å². The molecule has 1 rings (SSSR count). The largest absolute Gasteiger partial charge is 0.392 e. The zero-order valence-electron chi connectivity index (χ0n) is 11.0. The van der Waals surface area contributed by atoms with Crippen molar-refractivity contribution in [2.24, 2.45) is 0 Å². The van der Waals surface area contributed by atoms with Crippen molar-refractivity contribution in [1.82, 2.24) is 0 Å². The summed E-state index contributed by atoms with van der Waals surface area (Å²) in [6.07, 6.45) is 3.82. The standard InChI is InChI=1S/C13H24O3/c1-10(8-9-14)6-7-11-12(2,3)16-13(4,5)15-11/h8,11,14H,6-7,9H2,1-5H3. The second-order valence-corrected chi connectivity index (χ2v) is 5.48. The van der Waals surface area contributed by atoms with Crippen LogP contribution >= 0.6 is 0 Å². The molecule has 1 unspecified atom stereocenters. The third-order valence-electron chi connectivity index (χ3n) is 2.95. The van der Waals surface area contributed by atoms with Crippen LogP contribution in [0.25, 0.3) is 0 Å². The second-order valence-electron chi connectivity index (χ2n) is 5.48. The third-order valence-corrected chi connectivity index (χ3v) is 2.95. The Kier molecular flexibility index (Phi) is 4.16. The number of hydrogen-bond donors (Lipinski definition) is 1. The van der Waals surface area contributed by atoms with E-state index in [1.54, 1.807) is 0 Å². The summed E-state index contributed by atoms with van der Waals surface area (Å²) in [5.74, 6) is -0.483. The molecule has 0 radical (unpaired) electrons. The molecule has 1 saturated heterocycles. The van der Waals surface area contributed by atoms with E-state index >= 15 is 0 Å². The molecule has 0 aromatic heterocycles. The molecule has 0 aromatic carbocycles. The van der Waals surface area contributed by atoms with Crippen LogP contribution in [0, 0.1) is 0 Å². The van der Waals surface area contributed by atoms with Crippen LogP contribution in [-0.2, 0) is 9.47 Å². The van der Waals surface area contributed by atoms with Crippen LogP contribution in [0.4, 0.5) is 0 Å². The molecule has 0 spiro atoms. The van der Waals surface area contributed by atoms with Gasteiger partial charge < -0.3 is 14.6 Å². The van der Waals surface area contributed by atoms with Crippen molar-refractivity contribution in [1.29, 1.82) is 0 Å². The lowest BCUT2D eigenvalue weighted by atomic mass is 9.96. The van der Waals surface area contributed by atoms with E-state index in [0.717, 1.165) is 12.8 Å². The zero-order chi connectivity index (χ0) is 12.4. The highest BCUT2D eigenvalue weighted by molar-refractivity contribution is 5.00. The van der Waals surface area contributed by atoms with Crippen LogP contribution in [0.5, 0.6) is 0 Å². The van der Waals surface area contributed by atoms with Gasteiger partial charge in [-0.05, 0) is 47.5 Å². The molecule has 3 heteroatoms. The number of ether oxygens (including phenoxy) is 2. The van der Waals surface area contributed by atoms with Gasteiger partial charge in [-0.1, -0.05) is 11.6 Å². The van der Waals surface area contributed by atoms with Gasteiger partial charge >= 0.3 is 0 Å². The van der Waals surface area contributed by atoms with Crippen molar-refractivity contribution >= 4 is 0 Å². The fourth-order valence-corrected chi connectivity index (χ4v) is 2.23.